The van der Waals surface area contributed by atoms with Gasteiger partial charge in [0, 0.05) is 38.7 Å². The zero-order valence-electron chi connectivity index (χ0n) is 14.3. The van der Waals surface area contributed by atoms with Crippen molar-refractivity contribution in [2.24, 2.45) is 0 Å². The summed E-state index contributed by atoms with van der Waals surface area (Å²) in [7, 11) is 1.54. The molecule has 130 valence electrons. The zero-order chi connectivity index (χ0) is 17.0. The average Bonchev–Trinajstić information content (AvgIpc) is 2.58. The normalized spacial score (nSPS) is 22.5. The number of hydrogen-bond acceptors (Lipinski definition) is 4. The predicted molar refractivity (Wildman–Crippen MR) is 93.0 cm³/mol. The number of ether oxygens (including phenoxy) is 2. The van der Waals surface area contributed by atoms with Gasteiger partial charge in [-0.05, 0) is 18.9 Å². The highest BCUT2D eigenvalue weighted by Crippen LogP contribution is 2.44. The predicted octanol–water partition coefficient (Wildman–Crippen LogP) is 2.29. The Bertz CT molecular complexity index is 594. The van der Waals surface area contributed by atoms with E-state index >= 15 is 0 Å². The first-order valence-corrected chi connectivity index (χ1v) is 8.55. The minimum atomic E-state index is -0.197. The van der Waals surface area contributed by atoms with Crippen molar-refractivity contribution in [3.05, 3.63) is 42.5 Å². The van der Waals surface area contributed by atoms with Crippen molar-refractivity contribution in [1.82, 2.24) is 10.2 Å². The molecule has 1 aromatic carbocycles. The van der Waals surface area contributed by atoms with Gasteiger partial charge in [0.1, 0.15) is 18.0 Å². The summed E-state index contributed by atoms with van der Waals surface area (Å²) < 4.78 is 11.4. The van der Waals surface area contributed by atoms with Crippen LogP contribution >= 0.6 is 0 Å². The number of piperidine rings is 1. The van der Waals surface area contributed by atoms with E-state index in [1.54, 1.807) is 0 Å². The molecule has 5 nitrogen and oxygen atoms in total. The molecule has 0 aromatic heterocycles. The average molecular weight is 330 g/mol. The summed E-state index contributed by atoms with van der Waals surface area (Å²) in [6.07, 6.45) is 4.68. The number of amides is 1. The van der Waals surface area contributed by atoms with Crippen molar-refractivity contribution in [2.75, 3.05) is 33.4 Å². The molecular formula is C19H26N2O3. The Kier molecular flexibility index (Phi) is 5.21. The Morgan fingerprint density at radius 3 is 2.92 bits per heavy atom. The van der Waals surface area contributed by atoms with E-state index in [0.29, 0.717) is 0 Å². The maximum Gasteiger partial charge on any atom is 0.246 e. The molecule has 1 atom stereocenters. The van der Waals surface area contributed by atoms with Crippen LogP contribution in [0.15, 0.2) is 36.9 Å². The third-order valence-electron chi connectivity index (χ3n) is 4.96. The van der Waals surface area contributed by atoms with Crippen LogP contribution in [0.5, 0.6) is 5.75 Å². The van der Waals surface area contributed by atoms with Crippen molar-refractivity contribution >= 4 is 5.91 Å². The number of carbonyl (C=O) groups is 1. The zero-order valence-corrected chi connectivity index (χ0v) is 14.3. The van der Waals surface area contributed by atoms with Gasteiger partial charge < -0.3 is 14.8 Å². The number of nitrogens with zero attached hydrogens (tertiary/aromatic N) is 1. The fraction of sp³-hybridized carbons (Fsp3) is 0.526. The maximum absolute atomic E-state index is 12.0. The summed E-state index contributed by atoms with van der Waals surface area (Å²) in [6, 6.07) is 7.99. The van der Waals surface area contributed by atoms with E-state index in [9.17, 15) is 4.79 Å². The molecule has 0 saturated carbocycles. The molecule has 2 aliphatic heterocycles. The molecule has 1 aromatic rings. The van der Waals surface area contributed by atoms with Crippen LogP contribution in [0.1, 0.15) is 30.9 Å². The molecule has 5 heteroatoms. The molecule has 1 N–H and O–H groups in total. The molecule has 2 heterocycles. The molecule has 2 aliphatic rings. The van der Waals surface area contributed by atoms with Crippen LogP contribution in [0, 0.1) is 0 Å². The van der Waals surface area contributed by atoms with Crippen LogP contribution in [-0.2, 0) is 9.53 Å². The van der Waals surface area contributed by atoms with E-state index in [1.807, 2.05) is 30.3 Å². The van der Waals surface area contributed by atoms with Crippen LogP contribution < -0.4 is 10.1 Å². The van der Waals surface area contributed by atoms with Gasteiger partial charge in [0.15, 0.2) is 0 Å². The van der Waals surface area contributed by atoms with Gasteiger partial charge in [-0.1, -0.05) is 24.3 Å². The molecular weight excluding hydrogens is 304 g/mol. The number of hydrogen-bond donors (Lipinski definition) is 1. The van der Waals surface area contributed by atoms with Gasteiger partial charge in [-0.15, -0.1) is 6.58 Å². The van der Waals surface area contributed by atoms with Gasteiger partial charge in [-0.2, -0.15) is 0 Å². The number of methoxy groups -OCH3 is 1. The van der Waals surface area contributed by atoms with Gasteiger partial charge in [0.2, 0.25) is 5.91 Å². The van der Waals surface area contributed by atoms with Gasteiger partial charge in [-0.3, -0.25) is 9.69 Å². The standard InChI is InChI=1S/C19H26N2O3/c1-3-10-21-11-8-19(9-12-21)13-16(20-18(22)14-23-2)15-6-4-5-7-17(15)24-19/h3-7,16H,1,8-14H2,2H3,(H,20,22)/t16-/m1/s1. The van der Waals surface area contributed by atoms with Crippen LogP contribution in [-0.4, -0.2) is 49.8 Å². The highest BCUT2D eigenvalue weighted by atomic mass is 16.5. The van der Waals surface area contributed by atoms with Crippen LogP contribution in [0.2, 0.25) is 0 Å². The van der Waals surface area contributed by atoms with Gasteiger partial charge in [0.05, 0.1) is 6.04 Å². The lowest BCUT2D eigenvalue weighted by molar-refractivity contribution is -0.126. The number of benzene rings is 1. The molecule has 1 fully saturated rings. The number of fused-ring (bicyclic) bond motifs is 1. The highest BCUT2D eigenvalue weighted by molar-refractivity contribution is 5.77. The Morgan fingerprint density at radius 2 is 2.21 bits per heavy atom. The van der Waals surface area contributed by atoms with E-state index in [4.69, 9.17) is 9.47 Å². The fourth-order valence-electron chi connectivity index (χ4n) is 3.75. The number of nitrogens with one attached hydrogen (secondary N) is 1. The Balaban J connectivity index is 1.77. The number of carbonyl (C=O) groups excluding carboxylic acids is 1. The van der Waals surface area contributed by atoms with E-state index in [1.165, 1.54) is 7.11 Å². The molecule has 1 spiro atoms. The summed E-state index contributed by atoms with van der Waals surface area (Å²) in [5.41, 5.74) is 0.859. The number of likely N-dealkylation sites (tertiary alicyclic amines) is 1. The van der Waals surface area contributed by atoms with E-state index in [2.05, 4.69) is 16.8 Å². The van der Waals surface area contributed by atoms with Gasteiger partial charge >= 0.3 is 0 Å². The lowest BCUT2D eigenvalue weighted by atomic mass is 9.80. The van der Waals surface area contributed by atoms with Gasteiger partial charge in [0.25, 0.3) is 0 Å². The molecule has 24 heavy (non-hydrogen) atoms. The Morgan fingerprint density at radius 1 is 1.46 bits per heavy atom. The summed E-state index contributed by atoms with van der Waals surface area (Å²) in [6.45, 7) is 6.80. The van der Waals surface area contributed by atoms with Crippen molar-refractivity contribution in [1.29, 1.82) is 0 Å². The lowest BCUT2D eigenvalue weighted by Crippen LogP contribution is -2.52. The SMILES string of the molecule is C=CCN1CCC2(CC1)C[C@@H](NC(=O)COC)c1ccccc1O2. The monoisotopic (exact) mass is 330 g/mol. The van der Waals surface area contributed by atoms with Crippen LogP contribution in [0.4, 0.5) is 0 Å². The van der Waals surface area contributed by atoms with E-state index < -0.39 is 0 Å². The highest BCUT2D eigenvalue weighted by Gasteiger charge is 2.43. The van der Waals surface area contributed by atoms with Crippen molar-refractivity contribution < 1.29 is 14.3 Å². The second kappa shape index (κ2) is 7.36. The Hall–Kier alpha value is -1.85. The van der Waals surface area contributed by atoms with Gasteiger partial charge in [-0.25, -0.2) is 0 Å². The minimum Gasteiger partial charge on any atom is -0.487 e. The van der Waals surface area contributed by atoms with Crippen molar-refractivity contribution in [2.45, 2.75) is 30.9 Å². The molecule has 0 radical (unpaired) electrons. The molecule has 0 unspecified atom stereocenters. The van der Waals surface area contributed by atoms with E-state index in [0.717, 1.165) is 50.2 Å². The summed E-state index contributed by atoms with van der Waals surface area (Å²) in [5.74, 6) is 0.807. The first kappa shape index (κ1) is 17.0. The topological polar surface area (TPSA) is 50.8 Å². The van der Waals surface area contributed by atoms with Crippen molar-refractivity contribution in [3.8, 4) is 5.75 Å². The summed E-state index contributed by atoms with van der Waals surface area (Å²) >= 11 is 0. The molecule has 0 aliphatic carbocycles. The second-order valence-electron chi connectivity index (χ2n) is 6.67. The molecule has 1 amide bonds. The minimum absolute atomic E-state index is 0.0245. The third-order valence-corrected chi connectivity index (χ3v) is 4.96. The van der Waals surface area contributed by atoms with Crippen LogP contribution in [0.3, 0.4) is 0 Å². The molecule has 1 saturated heterocycles. The fourth-order valence-corrected chi connectivity index (χ4v) is 3.75. The smallest absolute Gasteiger partial charge is 0.246 e. The second-order valence-corrected chi connectivity index (χ2v) is 6.67. The molecule has 0 bridgehead atoms. The third kappa shape index (κ3) is 3.62. The van der Waals surface area contributed by atoms with E-state index in [-0.39, 0.29) is 24.2 Å². The summed E-state index contributed by atoms with van der Waals surface area (Å²) in [4.78, 5) is 14.4. The maximum atomic E-state index is 12.0. The molecule has 3 rings (SSSR count). The van der Waals surface area contributed by atoms with Crippen molar-refractivity contribution in [3.63, 3.8) is 0 Å². The Labute approximate surface area is 143 Å². The first-order valence-electron chi connectivity index (χ1n) is 8.55. The number of rotatable bonds is 5. The summed E-state index contributed by atoms with van der Waals surface area (Å²) in [5, 5.41) is 3.11. The largest absolute Gasteiger partial charge is 0.487 e. The first-order chi connectivity index (χ1) is 11.7. The number of para-hydroxylation sites is 1. The lowest BCUT2D eigenvalue weighted by Gasteiger charge is -2.46. The van der Waals surface area contributed by atoms with Crippen LogP contribution in [0.25, 0.3) is 0 Å². The quantitative estimate of drug-likeness (QED) is 0.842.